The first-order valence-corrected chi connectivity index (χ1v) is 8.53. The van der Waals surface area contributed by atoms with Crippen LogP contribution >= 0.6 is 11.6 Å². The van der Waals surface area contributed by atoms with Gasteiger partial charge >= 0.3 is 0 Å². The summed E-state index contributed by atoms with van der Waals surface area (Å²) in [5.41, 5.74) is 1.53. The first-order valence-electron chi connectivity index (χ1n) is 8.16. The largest absolute Gasteiger partial charge is 0.494 e. The van der Waals surface area contributed by atoms with E-state index >= 15 is 0 Å². The van der Waals surface area contributed by atoms with Gasteiger partial charge in [-0.15, -0.1) is 0 Å². The highest BCUT2D eigenvalue weighted by atomic mass is 35.5. The minimum absolute atomic E-state index is 0.145. The number of hydrogen-bond acceptors (Lipinski definition) is 4. The van der Waals surface area contributed by atoms with E-state index in [9.17, 15) is 9.59 Å². The van der Waals surface area contributed by atoms with Crippen LogP contribution in [0.15, 0.2) is 48.5 Å². The van der Waals surface area contributed by atoms with Gasteiger partial charge in [-0.1, -0.05) is 23.7 Å². The molecule has 2 aromatic carbocycles. The Bertz CT molecular complexity index is 776. The molecule has 130 valence electrons. The van der Waals surface area contributed by atoms with Crippen molar-refractivity contribution >= 4 is 29.1 Å². The monoisotopic (exact) mass is 358 g/mol. The second-order valence-electron chi connectivity index (χ2n) is 5.76. The molecule has 1 fully saturated rings. The number of carbonyl (C=O) groups excluding carboxylic acids is 2. The van der Waals surface area contributed by atoms with Gasteiger partial charge in [-0.25, -0.2) is 4.90 Å². The summed E-state index contributed by atoms with van der Waals surface area (Å²) >= 11 is 5.96. The molecule has 3 rings (SSSR count). The van der Waals surface area contributed by atoms with Gasteiger partial charge in [-0.3, -0.25) is 9.59 Å². The molecule has 0 aromatic heterocycles. The lowest BCUT2D eigenvalue weighted by molar-refractivity contribution is -0.121. The molecule has 2 aromatic rings. The third kappa shape index (κ3) is 4.00. The zero-order valence-corrected chi connectivity index (χ0v) is 14.6. The molecule has 0 saturated carbocycles. The summed E-state index contributed by atoms with van der Waals surface area (Å²) in [6, 6.07) is 13.8. The summed E-state index contributed by atoms with van der Waals surface area (Å²) in [5.74, 6) is 0.259. The van der Waals surface area contributed by atoms with Crippen molar-refractivity contribution in [2.45, 2.75) is 25.9 Å². The van der Waals surface area contributed by atoms with Crippen LogP contribution in [0.1, 0.15) is 18.9 Å². The Labute approximate surface area is 151 Å². The van der Waals surface area contributed by atoms with Gasteiger partial charge in [0.1, 0.15) is 5.75 Å². The Morgan fingerprint density at radius 3 is 2.64 bits per heavy atom. The predicted molar refractivity (Wildman–Crippen MR) is 96.8 cm³/mol. The highest BCUT2D eigenvalue weighted by Crippen LogP contribution is 2.25. The van der Waals surface area contributed by atoms with Crippen LogP contribution in [-0.2, 0) is 16.1 Å². The van der Waals surface area contributed by atoms with Crippen molar-refractivity contribution in [3.63, 3.8) is 0 Å². The summed E-state index contributed by atoms with van der Waals surface area (Å²) in [6.45, 7) is 2.94. The van der Waals surface area contributed by atoms with E-state index in [1.165, 1.54) is 4.90 Å². The maximum Gasteiger partial charge on any atom is 0.251 e. The quantitative estimate of drug-likeness (QED) is 0.806. The van der Waals surface area contributed by atoms with Crippen molar-refractivity contribution in [2.75, 3.05) is 11.5 Å². The molecule has 0 bridgehead atoms. The molecule has 1 aliphatic heterocycles. The van der Waals surface area contributed by atoms with Crippen LogP contribution < -0.4 is 15.0 Å². The standard InChI is InChI=1S/C19H19ClN2O3/c1-2-25-16-8-6-15(7-9-16)22-18(23)11-17(19(22)24)21-12-13-4-3-5-14(20)10-13/h3-10,17,21H,2,11-12H2,1H3/t17-/m0/s1. The van der Waals surface area contributed by atoms with Gasteiger partial charge in [0.05, 0.1) is 24.8 Å². The van der Waals surface area contributed by atoms with E-state index < -0.39 is 6.04 Å². The van der Waals surface area contributed by atoms with E-state index in [-0.39, 0.29) is 18.2 Å². The van der Waals surface area contributed by atoms with Crippen molar-refractivity contribution < 1.29 is 14.3 Å². The van der Waals surface area contributed by atoms with Crippen LogP contribution in [0.25, 0.3) is 0 Å². The highest BCUT2D eigenvalue weighted by Gasteiger charge is 2.39. The highest BCUT2D eigenvalue weighted by molar-refractivity contribution is 6.30. The summed E-state index contributed by atoms with van der Waals surface area (Å²) < 4.78 is 5.38. The zero-order chi connectivity index (χ0) is 17.8. The average molecular weight is 359 g/mol. The normalized spacial score (nSPS) is 17.2. The summed E-state index contributed by atoms with van der Waals surface area (Å²) in [6.07, 6.45) is 0.145. The summed E-state index contributed by atoms with van der Waals surface area (Å²) in [7, 11) is 0. The second kappa shape index (κ2) is 7.68. The maximum atomic E-state index is 12.6. The summed E-state index contributed by atoms with van der Waals surface area (Å²) in [5, 5.41) is 3.78. The average Bonchev–Trinajstić information content (AvgIpc) is 2.88. The lowest BCUT2D eigenvalue weighted by Gasteiger charge is -2.16. The fourth-order valence-electron chi connectivity index (χ4n) is 2.81. The number of nitrogens with one attached hydrogen (secondary N) is 1. The molecule has 6 heteroatoms. The summed E-state index contributed by atoms with van der Waals surface area (Å²) in [4.78, 5) is 26.1. The molecule has 1 heterocycles. The number of hydrogen-bond donors (Lipinski definition) is 1. The fourth-order valence-corrected chi connectivity index (χ4v) is 3.02. The molecule has 1 aliphatic rings. The van der Waals surface area contributed by atoms with E-state index in [2.05, 4.69) is 5.32 Å². The van der Waals surface area contributed by atoms with Crippen LogP contribution in [0.2, 0.25) is 5.02 Å². The van der Waals surface area contributed by atoms with Crippen LogP contribution in [0.5, 0.6) is 5.75 Å². The molecule has 2 amide bonds. The first kappa shape index (κ1) is 17.5. The first-order chi connectivity index (χ1) is 12.1. The van der Waals surface area contributed by atoms with Crippen molar-refractivity contribution in [3.8, 4) is 5.75 Å². The molecule has 1 N–H and O–H groups in total. The van der Waals surface area contributed by atoms with Crippen molar-refractivity contribution in [1.29, 1.82) is 0 Å². The van der Waals surface area contributed by atoms with E-state index in [0.717, 1.165) is 5.56 Å². The van der Waals surface area contributed by atoms with Gasteiger partial charge in [-0.2, -0.15) is 0 Å². The molecular weight excluding hydrogens is 340 g/mol. The van der Waals surface area contributed by atoms with E-state index in [1.807, 2.05) is 25.1 Å². The number of amides is 2. The molecule has 5 nitrogen and oxygen atoms in total. The number of halogens is 1. The van der Waals surface area contributed by atoms with Crippen LogP contribution in [-0.4, -0.2) is 24.5 Å². The topological polar surface area (TPSA) is 58.6 Å². The Morgan fingerprint density at radius 1 is 1.20 bits per heavy atom. The molecule has 25 heavy (non-hydrogen) atoms. The third-order valence-corrected chi connectivity index (χ3v) is 4.23. The van der Waals surface area contributed by atoms with E-state index in [4.69, 9.17) is 16.3 Å². The number of rotatable bonds is 6. The van der Waals surface area contributed by atoms with Crippen molar-refractivity contribution in [3.05, 3.63) is 59.1 Å². The zero-order valence-electron chi connectivity index (χ0n) is 13.9. The van der Waals surface area contributed by atoms with Crippen LogP contribution in [0.4, 0.5) is 5.69 Å². The van der Waals surface area contributed by atoms with E-state index in [1.54, 1.807) is 30.3 Å². The minimum atomic E-state index is -0.530. The molecular formula is C19H19ClN2O3. The third-order valence-electron chi connectivity index (χ3n) is 3.99. The molecule has 0 unspecified atom stereocenters. The Balaban J connectivity index is 1.67. The Hall–Kier alpha value is -2.37. The predicted octanol–water partition coefficient (Wildman–Crippen LogP) is 3.16. The number of imide groups is 1. The smallest absolute Gasteiger partial charge is 0.251 e. The van der Waals surface area contributed by atoms with Gasteiger partial charge in [-0.05, 0) is 48.9 Å². The maximum absolute atomic E-state index is 12.6. The molecule has 0 spiro atoms. The SMILES string of the molecule is CCOc1ccc(N2C(=O)C[C@H](NCc3cccc(Cl)c3)C2=O)cc1. The molecule has 0 aliphatic carbocycles. The van der Waals surface area contributed by atoms with Crippen LogP contribution in [0, 0.1) is 0 Å². The van der Waals surface area contributed by atoms with Gasteiger partial charge in [0.2, 0.25) is 5.91 Å². The number of nitrogens with zero attached hydrogens (tertiary/aromatic N) is 1. The molecule has 1 atom stereocenters. The Kier molecular flexibility index (Phi) is 5.36. The van der Waals surface area contributed by atoms with Crippen molar-refractivity contribution in [1.82, 2.24) is 5.32 Å². The van der Waals surface area contributed by atoms with Crippen molar-refractivity contribution in [2.24, 2.45) is 0 Å². The van der Waals surface area contributed by atoms with Gasteiger partial charge in [0, 0.05) is 11.6 Å². The minimum Gasteiger partial charge on any atom is -0.494 e. The van der Waals surface area contributed by atoms with Gasteiger partial charge in [0.15, 0.2) is 0 Å². The number of benzene rings is 2. The van der Waals surface area contributed by atoms with Crippen LogP contribution in [0.3, 0.4) is 0 Å². The number of carbonyl (C=O) groups is 2. The number of ether oxygens (including phenoxy) is 1. The van der Waals surface area contributed by atoms with Gasteiger partial charge in [0.25, 0.3) is 5.91 Å². The lowest BCUT2D eigenvalue weighted by atomic mass is 10.2. The lowest BCUT2D eigenvalue weighted by Crippen LogP contribution is -2.38. The second-order valence-corrected chi connectivity index (χ2v) is 6.20. The fraction of sp³-hybridized carbons (Fsp3) is 0.263. The van der Waals surface area contributed by atoms with E-state index in [0.29, 0.717) is 29.6 Å². The number of anilines is 1. The molecule has 1 saturated heterocycles. The Morgan fingerprint density at radius 2 is 1.96 bits per heavy atom. The molecule has 0 radical (unpaired) electrons. The van der Waals surface area contributed by atoms with Gasteiger partial charge < -0.3 is 10.1 Å².